The van der Waals surface area contributed by atoms with E-state index >= 15 is 0 Å². The van der Waals surface area contributed by atoms with Gasteiger partial charge in [-0.25, -0.2) is 0 Å². The number of nitrogens with zero attached hydrogens (tertiary/aromatic N) is 4. The average Bonchev–Trinajstić information content (AvgIpc) is 2.84. The summed E-state index contributed by atoms with van der Waals surface area (Å²) in [4.78, 5) is 17.0. The molecule has 0 saturated carbocycles. The van der Waals surface area contributed by atoms with Crippen LogP contribution in [0, 0.1) is 0 Å². The van der Waals surface area contributed by atoms with Gasteiger partial charge in [-0.3, -0.25) is 4.79 Å². The van der Waals surface area contributed by atoms with Crippen LogP contribution in [-0.4, -0.2) is 67.4 Å². The fraction of sp³-hybridized carbons (Fsp3) is 0.320. The van der Waals surface area contributed by atoms with Crippen molar-refractivity contribution in [2.45, 2.75) is 6.92 Å². The van der Waals surface area contributed by atoms with Crippen LogP contribution in [0.15, 0.2) is 60.7 Å². The van der Waals surface area contributed by atoms with Crippen LogP contribution in [0.25, 0.3) is 11.3 Å². The molecule has 0 bridgehead atoms. The lowest BCUT2D eigenvalue weighted by Crippen LogP contribution is -2.44. The Kier molecular flexibility index (Phi) is 7.36. The Balaban J connectivity index is 1.36. The van der Waals surface area contributed by atoms with Crippen molar-refractivity contribution in [1.82, 2.24) is 15.1 Å². The van der Waals surface area contributed by atoms with Gasteiger partial charge < -0.3 is 24.6 Å². The quantitative estimate of drug-likeness (QED) is 0.567. The molecular weight excluding hydrogens is 418 g/mol. The van der Waals surface area contributed by atoms with Gasteiger partial charge in [-0.05, 0) is 50.4 Å². The van der Waals surface area contributed by atoms with E-state index < -0.39 is 0 Å². The molecule has 1 fully saturated rings. The first-order valence-electron chi connectivity index (χ1n) is 11.1. The summed E-state index contributed by atoms with van der Waals surface area (Å²) in [6.07, 6.45) is 0. The third-order valence-corrected chi connectivity index (χ3v) is 5.43. The normalized spacial score (nSPS) is 14.1. The molecule has 1 aliphatic rings. The van der Waals surface area contributed by atoms with E-state index in [1.807, 2.05) is 61.5 Å². The summed E-state index contributed by atoms with van der Waals surface area (Å²) < 4.78 is 11.2. The summed E-state index contributed by atoms with van der Waals surface area (Å²) in [5.74, 6) is 1.79. The summed E-state index contributed by atoms with van der Waals surface area (Å²) in [7, 11) is 2.13. The number of anilines is 2. The highest BCUT2D eigenvalue weighted by atomic mass is 16.5. The Morgan fingerprint density at radius 1 is 0.939 bits per heavy atom. The van der Waals surface area contributed by atoms with Crippen molar-refractivity contribution >= 4 is 17.4 Å². The van der Waals surface area contributed by atoms with Crippen LogP contribution < -0.4 is 19.7 Å². The van der Waals surface area contributed by atoms with Crippen LogP contribution in [0.3, 0.4) is 0 Å². The molecule has 3 aromatic rings. The van der Waals surface area contributed by atoms with Crippen molar-refractivity contribution in [1.29, 1.82) is 0 Å². The van der Waals surface area contributed by atoms with E-state index in [1.165, 1.54) is 0 Å². The van der Waals surface area contributed by atoms with Crippen LogP contribution in [0.1, 0.15) is 6.92 Å². The molecule has 8 nitrogen and oxygen atoms in total. The largest absolute Gasteiger partial charge is 0.490 e. The van der Waals surface area contributed by atoms with E-state index in [0.29, 0.717) is 23.8 Å². The molecule has 33 heavy (non-hydrogen) atoms. The van der Waals surface area contributed by atoms with E-state index in [4.69, 9.17) is 9.47 Å². The molecule has 2 aromatic carbocycles. The van der Waals surface area contributed by atoms with E-state index in [2.05, 4.69) is 32.4 Å². The number of benzene rings is 2. The zero-order chi connectivity index (χ0) is 23.0. The van der Waals surface area contributed by atoms with Gasteiger partial charge in [-0.2, -0.15) is 0 Å². The maximum atomic E-state index is 12.4. The van der Waals surface area contributed by atoms with Gasteiger partial charge in [0.2, 0.25) is 0 Å². The van der Waals surface area contributed by atoms with Crippen LogP contribution >= 0.6 is 0 Å². The first-order chi connectivity index (χ1) is 16.1. The summed E-state index contributed by atoms with van der Waals surface area (Å²) in [5, 5.41) is 11.7. The molecule has 0 spiro atoms. The van der Waals surface area contributed by atoms with E-state index in [1.54, 1.807) is 6.07 Å². The lowest BCUT2D eigenvalue weighted by atomic mass is 10.1. The second-order valence-electron chi connectivity index (χ2n) is 7.86. The number of rotatable bonds is 8. The summed E-state index contributed by atoms with van der Waals surface area (Å²) >= 11 is 0. The van der Waals surface area contributed by atoms with Crippen LogP contribution in [0.5, 0.6) is 11.5 Å². The Bertz CT molecular complexity index is 1070. The smallest absolute Gasteiger partial charge is 0.262 e. The second kappa shape index (κ2) is 10.8. The van der Waals surface area contributed by atoms with Gasteiger partial charge in [0.15, 0.2) is 23.9 Å². The molecule has 8 heteroatoms. The van der Waals surface area contributed by atoms with Gasteiger partial charge >= 0.3 is 0 Å². The summed E-state index contributed by atoms with van der Waals surface area (Å²) in [6.45, 7) is 6.25. The molecule has 0 radical (unpaired) electrons. The van der Waals surface area contributed by atoms with Crippen molar-refractivity contribution < 1.29 is 14.3 Å². The number of likely N-dealkylation sites (N-methyl/N-ethyl adjacent to an activating group) is 1. The number of nitrogens with one attached hydrogen (secondary N) is 1. The van der Waals surface area contributed by atoms with Gasteiger partial charge in [-0.15, -0.1) is 10.2 Å². The molecule has 172 valence electrons. The lowest BCUT2D eigenvalue weighted by molar-refractivity contribution is -0.118. The van der Waals surface area contributed by atoms with Gasteiger partial charge in [-0.1, -0.05) is 24.3 Å². The van der Waals surface area contributed by atoms with Gasteiger partial charge in [0, 0.05) is 37.4 Å². The van der Waals surface area contributed by atoms with Crippen LogP contribution in [0.4, 0.5) is 11.5 Å². The lowest BCUT2D eigenvalue weighted by Gasteiger charge is -2.32. The molecule has 1 aliphatic heterocycles. The second-order valence-corrected chi connectivity index (χ2v) is 7.86. The molecule has 0 aliphatic carbocycles. The third-order valence-electron chi connectivity index (χ3n) is 5.43. The summed E-state index contributed by atoms with van der Waals surface area (Å²) in [5.41, 5.74) is 2.31. The highest BCUT2D eigenvalue weighted by Crippen LogP contribution is 2.26. The highest BCUT2D eigenvalue weighted by Gasteiger charge is 2.16. The van der Waals surface area contributed by atoms with Crippen molar-refractivity contribution in [3.8, 4) is 22.8 Å². The molecule has 0 unspecified atom stereocenters. The maximum Gasteiger partial charge on any atom is 0.262 e. The summed E-state index contributed by atoms with van der Waals surface area (Å²) in [6, 6.07) is 18.8. The first-order valence-corrected chi connectivity index (χ1v) is 11.1. The fourth-order valence-electron chi connectivity index (χ4n) is 3.62. The van der Waals surface area contributed by atoms with Gasteiger partial charge in [0.25, 0.3) is 5.91 Å². The topological polar surface area (TPSA) is 79.8 Å². The van der Waals surface area contributed by atoms with E-state index in [9.17, 15) is 4.79 Å². The first kappa shape index (κ1) is 22.5. The molecule has 1 N–H and O–H groups in total. The minimum atomic E-state index is -0.255. The Hall–Kier alpha value is -3.65. The predicted molar refractivity (Wildman–Crippen MR) is 129 cm³/mol. The minimum Gasteiger partial charge on any atom is -0.490 e. The zero-order valence-corrected chi connectivity index (χ0v) is 19.0. The van der Waals surface area contributed by atoms with Crippen LogP contribution in [-0.2, 0) is 4.79 Å². The molecule has 1 aromatic heterocycles. The average molecular weight is 448 g/mol. The highest BCUT2D eigenvalue weighted by molar-refractivity contribution is 5.92. The minimum absolute atomic E-state index is 0.117. The predicted octanol–water partition coefficient (Wildman–Crippen LogP) is 3.31. The number of carbonyl (C=O) groups excluding carboxylic acids is 1. The SMILES string of the molecule is CCOc1ccccc1OCC(=O)Nc1cccc(-c2ccc(N3CCN(C)CC3)nn2)c1. The van der Waals surface area contributed by atoms with Crippen molar-refractivity contribution in [2.75, 3.05) is 56.7 Å². The number of carbonyl (C=O) groups is 1. The third kappa shape index (κ3) is 5.98. The van der Waals surface area contributed by atoms with Gasteiger partial charge in [0.1, 0.15) is 0 Å². The van der Waals surface area contributed by atoms with Crippen molar-refractivity contribution in [3.63, 3.8) is 0 Å². The molecule has 1 amide bonds. The van der Waals surface area contributed by atoms with Crippen molar-refractivity contribution in [3.05, 3.63) is 60.7 Å². The molecule has 0 atom stereocenters. The fourth-order valence-corrected chi connectivity index (χ4v) is 3.62. The molecule has 2 heterocycles. The number of para-hydroxylation sites is 2. The molecular formula is C25H29N5O3. The van der Waals surface area contributed by atoms with Gasteiger partial charge in [0.05, 0.1) is 12.3 Å². The van der Waals surface area contributed by atoms with E-state index in [-0.39, 0.29) is 12.5 Å². The Labute approximate surface area is 194 Å². The molecule has 1 saturated heterocycles. The van der Waals surface area contributed by atoms with Crippen LogP contribution in [0.2, 0.25) is 0 Å². The monoisotopic (exact) mass is 447 g/mol. The Morgan fingerprint density at radius 2 is 1.70 bits per heavy atom. The Morgan fingerprint density at radius 3 is 2.39 bits per heavy atom. The standard InChI is InChI=1S/C25H29N5O3/c1-3-32-22-9-4-5-10-23(22)33-18-25(31)26-20-8-6-7-19(17-20)21-11-12-24(28-27-21)30-15-13-29(2)14-16-30/h4-12,17H,3,13-16,18H2,1-2H3,(H,26,31). The number of piperazine rings is 1. The number of ether oxygens (including phenoxy) is 2. The number of amides is 1. The molecule has 4 rings (SSSR count). The number of hydrogen-bond donors (Lipinski definition) is 1. The number of aromatic nitrogens is 2. The zero-order valence-electron chi connectivity index (χ0n) is 19.0. The number of hydrogen-bond acceptors (Lipinski definition) is 7. The van der Waals surface area contributed by atoms with E-state index in [0.717, 1.165) is 43.3 Å². The maximum absolute atomic E-state index is 12.4. The van der Waals surface area contributed by atoms with Crippen molar-refractivity contribution in [2.24, 2.45) is 0 Å².